The summed E-state index contributed by atoms with van der Waals surface area (Å²) < 4.78 is 24.7. The highest BCUT2D eigenvalue weighted by Crippen LogP contribution is 2.38. The first-order chi connectivity index (χ1) is 10.1. The zero-order chi connectivity index (χ0) is 15.4. The van der Waals surface area contributed by atoms with E-state index in [0.29, 0.717) is 18.9 Å². The Hall–Kier alpha value is -1.29. The zero-order valence-corrected chi connectivity index (χ0v) is 13.5. The van der Waals surface area contributed by atoms with Crippen molar-refractivity contribution in [1.82, 2.24) is 4.90 Å². The topological polar surface area (TPSA) is 21.7 Å². The van der Waals surface area contributed by atoms with Crippen molar-refractivity contribution in [3.8, 4) is 11.5 Å². The van der Waals surface area contributed by atoms with Gasteiger partial charge in [0.25, 0.3) is 0 Å². The Morgan fingerprint density at radius 2 is 2.05 bits per heavy atom. The van der Waals surface area contributed by atoms with Crippen molar-refractivity contribution in [2.75, 3.05) is 27.3 Å². The number of hydrogen-bond acceptors (Lipinski definition) is 3. The molecule has 3 nitrogen and oxygen atoms in total. The van der Waals surface area contributed by atoms with E-state index in [1.807, 2.05) is 12.1 Å². The van der Waals surface area contributed by atoms with E-state index >= 15 is 0 Å². The Morgan fingerprint density at radius 3 is 2.62 bits per heavy atom. The van der Waals surface area contributed by atoms with Gasteiger partial charge >= 0.3 is 0 Å². The molecular weight excluding hydrogens is 269 g/mol. The van der Waals surface area contributed by atoms with Crippen LogP contribution >= 0.6 is 0 Å². The van der Waals surface area contributed by atoms with Crippen LogP contribution in [0, 0.1) is 0 Å². The first-order valence-electron chi connectivity index (χ1n) is 7.67. The van der Waals surface area contributed by atoms with Gasteiger partial charge in [-0.2, -0.15) is 0 Å². The molecule has 0 N–H and O–H groups in total. The minimum absolute atomic E-state index is 0.310. The summed E-state index contributed by atoms with van der Waals surface area (Å²) in [6.07, 6.45) is 0.914. The van der Waals surface area contributed by atoms with E-state index in [9.17, 15) is 4.39 Å². The highest BCUT2D eigenvalue weighted by atomic mass is 19.1. The highest BCUT2D eigenvalue weighted by Gasteiger charge is 2.23. The molecule has 1 unspecified atom stereocenters. The number of halogens is 1. The molecule has 1 fully saturated rings. The van der Waals surface area contributed by atoms with E-state index in [2.05, 4.69) is 18.7 Å². The molecule has 21 heavy (non-hydrogen) atoms. The van der Waals surface area contributed by atoms with E-state index < -0.39 is 6.17 Å². The lowest BCUT2D eigenvalue weighted by molar-refractivity contribution is 0.132. The maximum atomic E-state index is 13.6. The molecule has 0 aromatic heterocycles. The van der Waals surface area contributed by atoms with Crippen molar-refractivity contribution in [2.24, 2.45) is 0 Å². The zero-order valence-electron chi connectivity index (χ0n) is 13.5. The lowest BCUT2D eigenvalue weighted by Gasteiger charge is -2.30. The van der Waals surface area contributed by atoms with Crippen LogP contribution in [0.15, 0.2) is 12.1 Å². The Bertz CT molecular complexity index is 476. The summed E-state index contributed by atoms with van der Waals surface area (Å²) in [5, 5.41) is 0. The Kier molecular flexibility index (Phi) is 5.45. The van der Waals surface area contributed by atoms with Crippen molar-refractivity contribution >= 4 is 0 Å². The molecule has 2 rings (SSSR count). The van der Waals surface area contributed by atoms with Crippen LogP contribution in [0.3, 0.4) is 0 Å². The molecule has 1 aromatic rings. The van der Waals surface area contributed by atoms with Gasteiger partial charge in [0.1, 0.15) is 17.7 Å². The van der Waals surface area contributed by atoms with E-state index in [1.165, 1.54) is 0 Å². The van der Waals surface area contributed by atoms with Crippen LogP contribution in [0.4, 0.5) is 4.39 Å². The highest BCUT2D eigenvalue weighted by molar-refractivity contribution is 5.51. The van der Waals surface area contributed by atoms with E-state index in [4.69, 9.17) is 9.47 Å². The average Bonchev–Trinajstić information content (AvgIpc) is 2.46. The number of nitrogens with zero attached hydrogens (tertiary/aromatic N) is 1. The van der Waals surface area contributed by atoms with Crippen molar-refractivity contribution < 1.29 is 13.9 Å². The van der Waals surface area contributed by atoms with Crippen LogP contribution in [0.5, 0.6) is 11.5 Å². The first kappa shape index (κ1) is 16.1. The van der Waals surface area contributed by atoms with Crippen LogP contribution < -0.4 is 9.47 Å². The average molecular weight is 295 g/mol. The fourth-order valence-electron chi connectivity index (χ4n) is 3.10. The van der Waals surface area contributed by atoms with Gasteiger partial charge < -0.3 is 9.47 Å². The number of rotatable bonds is 5. The smallest absolute Gasteiger partial charge is 0.130 e. The van der Waals surface area contributed by atoms with Gasteiger partial charge in [0.2, 0.25) is 0 Å². The summed E-state index contributed by atoms with van der Waals surface area (Å²) in [5.41, 5.74) is 2.20. The monoisotopic (exact) mass is 295 g/mol. The summed E-state index contributed by atoms with van der Waals surface area (Å²) in [5.74, 6) is 2.04. The molecule has 1 atom stereocenters. The van der Waals surface area contributed by atoms with Crippen molar-refractivity contribution in [2.45, 2.75) is 45.3 Å². The molecule has 1 heterocycles. The summed E-state index contributed by atoms with van der Waals surface area (Å²) >= 11 is 0. The van der Waals surface area contributed by atoms with Gasteiger partial charge in [-0.05, 0) is 31.4 Å². The number of hydrogen-bond donors (Lipinski definition) is 0. The first-order valence-corrected chi connectivity index (χ1v) is 7.67. The Morgan fingerprint density at radius 1 is 1.29 bits per heavy atom. The molecule has 4 heteroatoms. The van der Waals surface area contributed by atoms with Crippen LogP contribution in [0.25, 0.3) is 0 Å². The minimum atomic E-state index is -0.701. The predicted molar refractivity (Wildman–Crippen MR) is 83.0 cm³/mol. The molecule has 1 aliphatic rings. The quantitative estimate of drug-likeness (QED) is 0.825. The second-order valence-corrected chi connectivity index (χ2v) is 6.00. The van der Waals surface area contributed by atoms with Crippen LogP contribution in [-0.2, 0) is 6.54 Å². The van der Waals surface area contributed by atoms with Gasteiger partial charge in [-0.15, -0.1) is 0 Å². The fourth-order valence-corrected chi connectivity index (χ4v) is 3.10. The maximum Gasteiger partial charge on any atom is 0.130 e. The molecule has 0 amide bonds. The van der Waals surface area contributed by atoms with Crippen molar-refractivity contribution in [1.29, 1.82) is 0 Å². The Balaban J connectivity index is 2.28. The molecule has 0 saturated carbocycles. The minimum Gasteiger partial charge on any atom is -0.496 e. The molecule has 1 aliphatic heterocycles. The SMILES string of the molecule is COc1ccc(CN2CCCC(F)C2)c(OC)c1C(C)C. The fraction of sp³-hybridized carbons (Fsp3) is 0.647. The molecule has 118 valence electrons. The molecular formula is C17H26FNO2. The molecule has 0 aliphatic carbocycles. The molecule has 0 spiro atoms. The van der Waals surface area contributed by atoms with Gasteiger partial charge in [-0.1, -0.05) is 19.9 Å². The third-order valence-corrected chi connectivity index (χ3v) is 4.08. The summed E-state index contributed by atoms with van der Waals surface area (Å²) in [6, 6.07) is 4.02. The van der Waals surface area contributed by atoms with Gasteiger partial charge in [0.15, 0.2) is 0 Å². The lowest BCUT2D eigenvalue weighted by Crippen LogP contribution is -2.35. The standard InChI is InChI=1S/C17H26FNO2/c1-12(2)16-15(20-3)8-7-13(17(16)21-4)10-19-9-5-6-14(18)11-19/h7-8,12,14H,5-6,9-11H2,1-4H3. The normalized spacial score (nSPS) is 19.8. The molecule has 1 aromatic carbocycles. The number of methoxy groups -OCH3 is 2. The van der Waals surface area contributed by atoms with Crippen LogP contribution in [-0.4, -0.2) is 38.4 Å². The second kappa shape index (κ2) is 7.12. The van der Waals surface area contributed by atoms with E-state index in [-0.39, 0.29) is 0 Å². The lowest BCUT2D eigenvalue weighted by atomic mass is 9.97. The predicted octanol–water partition coefficient (Wildman–Crippen LogP) is 3.76. The van der Waals surface area contributed by atoms with E-state index in [1.54, 1.807) is 14.2 Å². The molecule has 1 saturated heterocycles. The summed E-state index contributed by atoms with van der Waals surface area (Å²) in [7, 11) is 3.37. The number of benzene rings is 1. The molecule has 0 bridgehead atoms. The van der Waals surface area contributed by atoms with Crippen molar-refractivity contribution in [3.63, 3.8) is 0 Å². The van der Waals surface area contributed by atoms with Crippen LogP contribution in [0.1, 0.15) is 43.7 Å². The summed E-state index contributed by atoms with van der Waals surface area (Å²) in [4.78, 5) is 2.17. The second-order valence-electron chi connectivity index (χ2n) is 6.00. The number of ether oxygens (including phenoxy) is 2. The number of piperidine rings is 1. The van der Waals surface area contributed by atoms with Gasteiger partial charge in [-0.3, -0.25) is 4.90 Å². The van der Waals surface area contributed by atoms with Gasteiger partial charge in [0.05, 0.1) is 14.2 Å². The van der Waals surface area contributed by atoms with Crippen LogP contribution in [0.2, 0.25) is 0 Å². The number of alkyl halides is 1. The van der Waals surface area contributed by atoms with E-state index in [0.717, 1.165) is 42.1 Å². The van der Waals surface area contributed by atoms with Gasteiger partial charge in [-0.25, -0.2) is 4.39 Å². The third kappa shape index (κ3) is 3.67. The number of likely N-dealkylation sites (tertiary alicyclic amines) is 1. The Labute approximate surface area is 127 Å². The molecule has 0 radical (unpaired) electrons. The van der Waals surface area contributed by atoms with Crippen molar-refractivity contribution in [3.05, 3.63) is 23.3 Å². The largest absolute Gasteiger partial charge is 0.496 e. The summed E-state index contributed by atoms with van der Waals surface area (Å²) in [6.45, 7) is 6.46. The third-order valence-electron chi connectivity index (χ3n) is 4.08. The maximum absolute atomic E-state index is 13.6. The van der Waals surface area contributed by atoms with Gasteiger partial charge in [0, 0.05) is 24.2 Å².